The lowest BCUT2D eigenvalue weighted by Crippen LogP contribution is -2.35. The quantitative estimate of drug-likeness (QED) is 0.535. The molecule has 0 unspecified atom stereocenters. The topological polar surface area (TPSA) is 82.2 Å². The number of rotatable bonds is 8. The van der Waals surface area contributed by atoms with Gasteiger partial charge in [-0.3, -0.25) is 15.0 Å². The smallest absolute Gasteiger partial charge is 0.257 e. The molecule has 0 spiro atoms. The summed E-state index contributed by atoms with van der Waals surface area (Å²) in [6, 6.07) is 13.3. The van der Waals surface area contributed by atoms with Crippen LogP contribution < -0.4 is 19.5 Å². The Hall–Kier alpha value is -3.14. The molecule has 4 rings (SSSR count). The molecule has 1 fully saturated rings. The summed E-state index contributed by atoms with van der Waals surface area (Å²) < 4.78 is 21.6. The molecule has 0 saturated carbocycles. The number of hydrogen-bond acceptors (Lipinski definition) is 8. The van der Waals surface area contributed by atoms with Gasteiger partial charge >= 0.3 is 0 Å². The predicted molar refractivity (Wildman–Crippen MR) is 128 cm³/mol. The molecule has 1 aromatic heterocycles. The van der Waals surface area contributed by atoms with Crippen molar-refractivity contribution in [1.29, 1.82) is 0 Å². The van der Waals surface area contributed by atoms with E-state index in [4.69, 9.17) is 23.9 Å². The van der Waals surface area contributed by atoms with Gasteiger partial charge in [0.1, 0.15) is 0 Å². The van der Waals surface area contributed by atoms with Gasteiger partial charge in [0.25, 0.3) is 5.91 Å². The number of benzene rings is 2. The van der Waals surface area contributed by atoms with Crippen molar-refractivity contribution in [1.82, 2.24) is 9.88 Å². The van der Waals surface area contributed by atoms with E-state index in [0.717, 1.165) is 49.0 Å². The van der Waals surface area contributed by atoms with Gasteiger partial charge in [0.2, 0.25) is 5.75 Å². The highest BCUT2D eigenvalue weighted by atomic mass is 32.1. The summed E-state index contributed by atoms with van der Waals surface area (Å²) in [6.07, 6.45) is 0. The Kier molecular flexibility index (Phi) is 7.43. The van der Waals surface area contributed by atoms with Crippen LogP contribution in [0.15, 0.2) is 42.5 Å². The fourth-order valence-electron chi connectivity index (χ4n) is 3.68. The summed E-state index contributed by atoms with van der Waals surface area (Å²) in [5.74, 6) is 0.962. The van der Waals surface area contributed by atoms with Crippen LogP contribution in [-0.2, 0) is 11.3 Å². The second-order valence-corrected chi connectivity index (χ2v) is 8.50. The average Bonchev–Trinajstić information content (AvgIpc) is 3.25. The molecule has 33 heavy (non-hydrogen) atoms. The van der Waals surface area contributed by atoms with Gasteiger partial charge in [-0.25, -0.2) is 4.98 Å². The summed E-state index contributed by atoms with van der Waals surface area (Å²) in [5.41, 5.74) is 2.29. The number of carbonyl (C=O) groups excluding carboxylic acids is 1. The molecule has 2 aromatic carbocycles. The van der Waals surface area contributed by atoms with E-state index in [9.17, 15) is 4.79 Å². The van der Waals surface area contributed by atoms with Crippen LogP contribution in [0.4, 0.5) is 5.13 Å². The standard InChI is InChI=1S/C24H27N3O5S/c1-29-18-13-17(14-19(30-2)22(18)31-3)23(28)26-24-25-21(16-7-5-4-6-8-16)20(33-24)15-27-9-11-32-12-10-27/h4-8,13-14H,9-12,15H2,1-3H3,(H,25,26,28). The number of methoxy groups -OCH3 is 3. The molecule has 3 aromatic rings. The highest BCUT2D eigenvalue weighted by Crippen LogP contribution is 2.39. The minimum absolute atomic E-state index is 0.305. The highest BCUT2D eigenvalue weighted by Gasteiger charge is 2.21. The van der Waals surface area contributed by atoms with Crippen LogP contribution >= 0.6 is 11.3 Å². The number of hydrogen-bond donors (Lipinski definition) is 1. The zero-order chi connectivity index (χ0) is 23.2. The number of morpholine rings is 1. The van der Waals surface area contributed by atoms with E-state index in [1.165, 1.54) is 32.7 Å². The van der Waals surface area contributed by atoms with E-state index in [0.29, 0.717) is 27.9 Å². The van der Waals surface area contributed by atoms with E-state index >= 15 is 0 Å². The maximum Gasteiger partial charge on any atom is 0.257 e. The van der Waals surface area contributed by atoms with Gasteiger partial charge in [0, 0.05) is 35.6 Å². The van der Waals surface area contributed by atoms with Crippen LogP contribution in [-0.4, -0.2) is 63.4 Å². The zero-order valence-electron chi connectivity index (χ0n) is 18.9. The number of ether oxygens (including phenoxy) is 4. The van der Waals surface area contributed by atoms with Crippen molar-refractivity contribution in [2.75, 3.05) is 52.9 Å². The van der Waals surface area contributed by atoms with E-state index in [1.807, 2.05) is 30.3 Å². The van der Waals surface area contributed by atoms with Crippen molar-refractivity contribution in [3.63, 3.8) is 0 Å². The van der Waals surface area contributed by atoms with Crippen LogP contribution in [0, 0.1) is 0 Å². The minimum Gasteiger partial charge on any atom is -0.493 e. The van der Waals surface area contributed by atoms with Crippen LogP contribution in [0.1, 0.15) is 15.2 Å². The van der Waals surface area contributed by atoms with E-state index in [-0.39, 0.29) is 5.91 Å². The summed E-state index contributed by atoms with van der Waals surface area (Å²) in [7, 11) is 4.56. The van der Waals surface area contributed by atoms with Gasteiger partial charge in [-0.05, 0) is 12.1 Å². The Bertz CT molecular complexity index is 1070. The molecule has 8 nitrogen and oxygen atoms in total. The Morgan fingerprint density at radius 2 is 1.73 bits per heavy atom. The number of carbonyl (C=O) groups is 1. The van der Waals surface area contributed by atoms with Gasteiger partial charge in [0.05, 0.1) is 40.2 Å². The van der Waals surface area contributed by atoms with Crippen molar-refractivity contribution >= 4 is 22.4 Å². The van der Waals surface area contributed by atoms with Crippen molar-refractivity contribution in [2.24, 2.45) is 0 Å². The number of thiazole rings is 1. The number of aromatic nitrogens is 1. The maximum absolute atomic E-state index is 13.1. The molecule has 1 aliphatic heterocycles. The largest absolute Gasteiger partial charge is 0.493 e. The van der Waals surface area contributed by atoms with Crippen molar-refractivity contribution < 1.29 is 23.7 Å². The summed E-state index contributed by atoms with van der Waals surface area (Å²) in [5, 5.41) is 3.48. The zero-order valence-corrected chi connectivity index (χ0v) is 19.7. The fraction of sp³-hybridized carbons (Fsp3) is 0.333. The average molecular weight is 470 g/mol. The van der Waals surface area contributed by atoms with E-state index < -0.39 is 0 Å². The molecule has 0 aliphatic carbocycles. The minimum atomic E-state index is -0.305. The summed E-state index contributed by atoms with van der Waals surface area (Å²) >= 11 is 1.49. The molecule has 1 N–H and O–H groups in total. The molecular formula is C24H27N3O5S. The molecule has 0 atom stereocenters. The first-order valence-electron chi connectivity index (χ1n) is 10.6. The van der Waals surface area contributed by atoms with Gasteiger partial charge in [-0.15, -0.1) is 0 Å². The Balaban J connectivity index is 1.62. The third kappa shape index (κ3) is 5.27. The van der Waals surface area contributed by atoms with Gasteiger partial charge in [-0.1, -0.05) is 41.7 Å². The van der Waals surface area contributed by atoms with Gasteiger partial charge in [-0.2, -0.15) is 0 Å². The van der Waals surface area contributed by atoms with Gasteiger partial charge in [0.15, 0.2) is 16.6 Å². The molecule has 1 saturated heterocycles. The monoisotopic (exact) mass is 469 g/mol. The van der Waals surface area contributed by atoms with Crippen LogP contribution in [0.2, 0.25) is 0 Å². The predicted octanol–water partition coefficient (Wildman–Crippen LogP) is 3.92. The van der Waals surface area contributed by atoms with E-state index in [2.05, 4.69) is 10.2 Å². The molecule has 1 amide bonds. The summed E-state index contributed by atoms with van der Waals surface area (Å²) in [4.78, 5) is 21.3. The number of nitrogens with one attached hydrogen (secondary N) is 1. The second kappa shape index (κ2) is 10.7. The lowest BCUT2D eigenvalue weighted by Gasteiger charge is -2.26. The molecule has 1 aliphatic rings. The maximum atomic E-state index is 13.1. The Morgan fingerprint density at radius 3 is 2.33 bits per heavy atom. The number of anilines is 1. The number of amides is 1. The molecule has 174 valence electrons. The Morgan fingerprint density at radius 1 is 1.06 bits per heavy atom. The lowest BCUT2D eigenvalue weighted by atomic mass is 10.1. The first-order chi connectivity index (χ1) is 16.1. The Labute approximate surface area is 197 Å². The number of nitrogens with zero attached hydrogens (tertiary/aromatic N) is 2. The third-order valence-corrected chi connectivity index (χ3v) is 6.32. The van der Waals surface area contributed by atoms with Crippen molar-refractivity contribution in [3.8, 4) is 28.5 Å². The lowest BCUT2D eigenvalue weighted by molar-refractivity contribution is 0.0347. The summed E-state index contributed by atoms with van der Waals surface area (Å²) in [6.45, 7) is 3.96. The third-order valence-electron chi connectivity index (χ3n) is 5.36. The first-order valence-corrected chi connectivity index (χ1v) is 11.4. The van der Waals surface area contributed by atoms with Crippen molar-refractivity contribution in [3.05, 3.63) is 52.9 Å². The molecule has 0 bridgehead atoms. The van der Waals surface area contributed by atoms with Crippen molar-refractivity contribution in [2.45, 2.75) is 6.54 Å². The van der Waals surface area contributed by atoms with Crippen LogP contribution in [0.5, 0.6) is 17.2 Å². The van der Waals surface area contributed by atoms with Gasteiger partial charge < -0.3 is 18.9 Å². The fourth-order valence-corrected chi connectivity index (χ4v) is 4.70. The molecule has 0 radical (unpaired) electrons. The van der Waals surface area contributed by atoms with Crippen LogP contribution in [0.3, 0.4) is 0 Å². The normalized spacial score (nSPS) is 14.0. The molecular weight excluding hydrogens is 442 g/mol. The molecule has 9 heteroatoms. The van der Waals surface area contributed by atoms with E-state index in [1.54, 1.807) is 12.1 Å². The first kappa shape index (κ1) is 23.0. The highest BCUT2D eigenvalue weighted by molar-refractivity contribution is 7.16. The second-order valence-electron chi connectivity index (χ2n) is 7.41. The molecule has 2 heterocycles. The SMILES string of the molecule is COc1cc(C(=O)Nc2nc(-c3ccccc3)c(CN3CCOCC3)s2)cc(OC)c1OC. The van der Waals surface area contributed by atoms with Crippen LogP contribution in [0.25, 0.3) is 11.3 Å².